The van der Waals surface area contributed by atoms with Gasteiger partial charge >= 0.3 is 0 Å². The summed E-state index contributed by atoms with van der Waals surface area (Å²) in [6.45, 7) is 14.2. The van der Waals surface area contributed by atoms with Crippen molar-refractivity contribution in [3.05, 3.63) is 35.4 Å². The Balaban J connectivity index is 1.52. The van der Waals surface area contributed by atoms with Gasteiger partial charge < -0.3 is 20.3 Å². The van der Waals surface area contributed by atoms with Gasteiger partial charge in [-0.1, -0.05) is 38.1 Å². The maximum atomic E-state index is 11.9. The van der Waals surface area contributed by atoms with E-state index in [0.717, 1.165) is 63.8 Å². The number of hydrogen-bond acceptors (Lipinski definition) is 4. The number of likely N-dealkylation sites (tertiary alicyclic amines) is 1. The van der Waals surface area contributed by atoms with E-state index < -0.39 is 0 Å². The number of guanidine groups is 1. The first-order chi connectivity index (χ1) is 15.0. The largest absolute Gasteiger partial charge is 0.374 e. The number of carbonyl (C=O) groups is 1. The van der Waals surface area contributed by atoms with Crippen LogP contribution in [-0.2, 0) is 22.6 Å². The molecule has 0 aromatic heterocycles. The van der Waals surface area contributed by atoms with Crippen molar-refractivity contribution < 1.29 is 9.53 Å². The van der Waals surface area contributed by atoms with Crippen molar-refractivity contribution in [1.82, 2.24) is 20.4 Å². The standard InChI is InChI=1S/C24H39N5O2/c1-4-25-24(27-15-22-18-28(11-12-31-22)16-19(2)3)26-14-20-7-5-8-21(13-20)17-29-10-6-9-23(29)30/h5,7-8,13,19,22H,4,6,9-12,14-18H2,1-3H3,(H2,25,26,27). The van der Waals surface area contributed by atoms with Crippen LogP contribution >= 0.6 is 0 Å². The third kappa shape index (κ3) is 7.82. The molecule has 1 unspecified atom stereocenters. The minimum Gasteiger partial charge on any atom is -0.374 e. The Morgan fingerprint density at radius 1 is 1.26 bits per heavy atom. The van der Waals surface area contributed by atoms with Gasteiger partial charge in [0.2, 0.25) is 5.91 Å². The molecule has 2 saturated heterocycles. The van der Waals surface area contributed by atoms with Crippen LogP contribution in [0.25, 0.3) is 0 Å². The lowest BCUT2D eigenvalue weighted by atomic mass is 10.1. The molecule has 1 aromatic rings. The van der Waals surface area contributed by atoms with Gasteiger partial charge in [0.25, 0.3) is 0 Å². The fourth-order valence-corrected chi connectivity index (χ4v) is 4.23. The molecule has 0 spiro atoms. The SMILES string of the molecule is CCNC(=NCc1cccc(CN2CCCC2=O)c1)NCC1CN(CC(C)C)CCO1. The van der Waals surface area contributed by atoms with Crippen molar-refractivity contribution in [2.45, 2.75) is 52.8 Å². The zero-order valence-electron chi connectivity index (χ0n) is 19.4. The van der Waals surface area contributed by atoms with Crippen LogP contribution in [0.4, 0.5) is 0 Å². The molecule has 3 rings (SSSR count). The topological polar surface area (TPSA) is 69.2 Å². The van der Waals surface area contributed by atoms with Crippen molar-refractivity contribution in [3.63, 3.8) is 0 Å². The molecule has 7 nitrogen and oxygen atoms in total. The Labute approximate surface area is 187 Å². The molecule has 1 amide bonds. The van der Waals surface area contributed by atoms with Gasteiger partial charge in [-0.3, -0.25) is 9.69 Å². The summed E-state index contributed by atoms with van der Waals surface area (Å²) in [4.78, 5) is 21.1. The van der Waals surface area contributed by atoms with Crippen LogP contribution in [0.2, 0.25) is 0 Å². The summed E-state index contributed by atoms with van der Waals surface area (Å²) >= 11 is 0. The van der Waals surface area contributed by atoms with Gasteiger partial charge in [-0.2, -0.15) is 0 Å². The molecule has 0 aliphatic carbocycles. The maximum Gasteiger partial charge on any atom is 0.222 e. The van der Waals surface area contributed by atoms with Gasteiger partial charge in [-0.25, -0.2) is 4.99 Å². The number of morpholine rings is 1. The third-order valence-corrected chi connectivity index (χ3v) is 5.64. The number of amides is 1. The number of ether oxygens (including phenoxy) is 1. The first-order valence-corrected chi connectivity index (χ1v) is 11.7. The van der Waals surface area contributed by atoms with E-state index in [4.69, 9.17) is 9.73 Å². The first-order valence-electron chi connectivity index (χ1n) is 11.7. The number of nitrogens with one attached hydrogen (secondary N) is 2. The second kappa shape index (κ2) is 12.1. The van der Waals surface area contributed by atoms with Gasteiger partial charge in [-0.15, -0.1) is 0 Å². The first kappa shape index (κ1) is 23.5. The van der Waals surface area contributed by atoms with Crippen molar-refractivity contribution in [3.8, 4) is 0 Å². The highest BCUT2D eigenvalue weighted by atomic mass is 16.5. The summed E-state index contributed by atoms with van der Waals surface area (Å²) in [6, 6.07) is 8.40. The van der Waals surface area contributed by atoms with Crippen LogP contribution in [0, 0.1) is 5.92 Å². The minimum absolute atomic E-state index is 0.178. The highest BCUT2D eigenvalue weighted by Gasteiger charge is 2.21. The van der Waals surface area contributed by atoms with Gasteiger partial charge in [0, 0.05) is 52.2 Å². The predicted octanol–water partition coefficient (Wildman–Crippen LogP) is 2.22. The van der Waals surface area contributed by atoms with E-state index >= 15 is 0 Å². The molecule has 7 heteroatoms. The van der Waals surface area contributed by atoms with Crippen LogP contribution in [0.5, 0.6) is 0 Å². The number of aliphatic imine (C=N–C) groups is 1. The Hall–Kier alpha value is -2.12. The number of carbonyl (C=O) groups excluding carboxylic acids is 1. The molecule has 2 aliphatic rings. The van der Waals surface area contributed by atoms with E-state index in [9.17, 15) is 4.79 Å². The molecule has 172 valence electrons. The smallest absolute Gasteiger partial charge is 0.222 e. The molecule has 0 radical (unpaired) electrons. The zero-order chi connectivity index (χ0) is 22.1. The van der Waals surface area contributed by atoms with E-state index in [-0.39, 0.29) is 12.0 Å². The summed E-state index contributed by atoms with van der Waals surface area (Å²) < 4.78 is 5.95. The predicted molar refractivity (Wildman–Crippen MR) is 125 cm³/mol. The lowest BCUT2D eigenvalue weighted by molar-refractivity contribution is -0.128. The van der Waals surface area contributed by atoms with Crippen LogP contribution in [0.15, 0.2) is 29.3 Å². The molecule has 1 aromatic carbocycles. The molecule has 0 saturated carbocycles. The van der Waals surface area contributed by atoms with E-state index in [0.29, 0.717) is 25.4 Å². The van der Waals surface area contributed by atoms with Crippen molar-refractivity contribution >= 4 is 11.9 Å². The van der Waals surface area contributed by atoms with E-state index in [1.54, 1.807) is 0 Å². The van der Waals surface area contributed by atoms with Crippen LogP contribution in [0.3, 0.4) is 0 Å². The highest BCUT2D eigenvalue weighted by molar-refractivity contribution is 5.79. The Morgan fingerprint density at radius 3 is 2.84 bits per heavy atom. The van der Waals surface area contributed by atoms with Crippen molar-refractivity contribution in [1.29, 1.82) is 0 Å². The number of hydrogen-bond donors (Lipinski definition) is 2. The summed E-state index contributed by atoms with van der Waals surface area (Å²) in [5, 5.41) is 6.78. The van der Waals surface area contributed by atoms with Gasteiger partial charge in [0.05, 0.1) is 19.3 Å². The number of rotatable bonds is 9. The van der Waals surface area contributed by atoms with Crippen LogP contribution in [-0.4, -0.2) is 73.6 Å². The average Bonchev–Trinajstić information content (AvgIpc) is 3.14. The van der Waals surface area contributed by atoms with Gasteiger partial charge in [0.1, 0.15) is 0 Å². The number of benzene rings is 1. The molecule has 2 N–H and O–H groups in total. The van der Waals surface area contributed by atoms with Crippen molar-refractivity contribution in [2.75, 3.05) is 45.9 Å². The molecular formula is C24H39N5O2. The maximum absolute atomic E-state index is 11.9. The minimum atomic E-state index is 0.178. The second-order valence-electron chi connectivity index (χ2n) is 8.96. The Bertz CT molecular complexity index is 736. The molecule has 0 bridgehead atoms. The summed E-state index contributed by atoms with van der Waals surface area (Å²) in [5.41, 5.74) is 2.32. The normalized spacial score (nSPS) is 20.5. The molecule has 31 heavy (non-hydrogen) atoms. The molecule has 2 fully saturated rings. The fourth-order valence-electron chi connectivity index (χ4n) is 4.23. The Morgan fingerprint density at radius 2 is 2.10 bits per heavy atom. The second-order valence-corrected chi connectivity index (χ2v) is 8.96. The monoisotopic (exact) mass is 429 g/mol. The molecule has 1 atom stereocenters. The molecule has 2 heterocycles. The highest BCUT2D eigenvalue weighted by Crippen LogP contribution is 2.15. The lowest BCUT2D eigenvalue weighted by Gasteiger charge is -2.34. The average molecular weight is 430 g/mol. The van der Waals surface area contributed by atoms with Gasteiger partial charge in [0.15, 0.2) is 5.96 Å². The zero-order valence-corrected chi connectivity index (χ0v) is 19.4. The quantitative estimate of drug-likeness (QED) is 0.465. The van der Waals surface area contributed by atoms with Crippen LogP contribution in [0.1, 0.15) is 44.7 Å². The van der Waals surface area contributed by atoms with E-state index in [1.807, 2.05) is 4.90 Å². The number of nitrogens with zero attached hydrogens (tertiary/aromatic N) is 3. The van der Waals surface area contributed by atoms with E-state index in [1.165, 1.54) is 5.56 Å². The summed E-state index contributed by atoms with van der Waals surface area (Å²) in [7, 11) is 0. The summed E-state index contributed by atoms with van der Waals surface area (Å²) in [5.74, 6) is 1.75. The summed E-state index contributed by atoms with van der Waals surface area (Å²) in [6.07, 6.45) is 1.83. The van der Waals surface area contributed by atoms with Crippen molar-refractivity contribution in [2.24, 2.45) is 10.9 Å². The third-order valence-electron chi connectivity index (χ3n) is 5.64. The fraction of sp³-hybridized carbons (Fsp3) is 0.667. The molecule has 2 aliphatic heterocycles. The van der Waals surface area contributed by atoms with Gasteiger partial charge in [-0.05, 0) is 30.4 Å². The van der Waals surface area contributed by atoms with Crippen LogP contribution < -0.4 is 10.6 Å². The lowest BCUT2D eigenvalue weighted by Crippen LogP contribution is -2.50. The van der Waals surface area contributed by atoms with E-state index in [2.05, 4.69) is 60.6 Å². The Kier molecular flexibility index (Phi) is 9.15. The molecular weight excluding hydrogens is 390 g/mol.